The fraction of sp³-hybridized carbons (Fsp3) is 1.00. The summed E-state index contributed by atoms with van der Waals surface area (Å²) in [6.07, 6.45) is 0. The minimum Gasteiger partial charge on any atom is -0.130 e. The van der Waals surface area contributed by atoms with E-state index in [9.17, 15) is 0 Å². The molecule has 0 aromatic heterocycles. The second-order valence-corrected chi connectivity index (χ2v) is 11.6. The van der Waals surface area contributed by atoms with Gasteiger partial charge in [-0.1, -0.05) is 6.55 Å². The molecule has 1 atom stereocenters. The minimum absolute atomic E-state index is 0.323. The monoisotopic (exact) mass is 203 g/mol. The van der Waals surface area contributed by atoms with Crippen molar-refractivity contribution in [1.29, 1.82) is 0 Å². The molecule has 0 saturated carbocycles. The maximum atomic E-state index is 5.56. The van der Waals surface area contributed by atoms with Gasteiger partial charge in [0, 0.05) is 15.3 Å². The molecule has 0 aromatic carbocycles. The molecule has 0 aromatic rings. The Hall–Kier alpha value is 1.30. The number of rotatable bonds is 2. The smallest absolute Gasteiger partial charge is 0.0955 e. The van der Waals surface area contributed by atoms with Crippen molar-refractivity contribution in [1.82, 2.24) is 0 Å². The SMILES string of the molecule is C[Si]([Si])(CCl)C(Cl)Cl. The van der Waals surface area contributed by atoms with Gasteiger partial charge < -0.3 is 0 Å². The standard InChI is InChI=1S/C3H6Cl3Si2/c1-8(7,2-4)3(5)6/h3H,2H2,1H3. The van der Waals surface area contributed by atoms with Gasteiger partial charge in [-0.2, -0.15) is 0 Å². The highest BCUT2D eigenvalue weighted by Gasteiger charge is 2.27. The van der Waals surface area contributed by atoms with Gasteiger partial charge in [-0.15, -0.1) is 34.8 Å². The predicted octanol–water partition coefficient (Wildman–Crippen LogP) is 1.85. The van der Waals surface area contributed by atoms with Crippen molar-refractivity contribution >= 4 is 52.2 Å². The van der Waals surface area contributed by atoms with E-state index in [0.29, 0.717) is 5.50 Å². The van der Waals surface area contributed by atoms with Gasteiger partial charge in [-0.05, 0) is 0 Å². The van der Waals surface area contributed by atoms with Gasteiger partial charge in [0.05, 0.1) is 12.1 Å². The van der Waals surface area contributed by atoms with E-state index < -0.39 is 7.59 Å². The van der Waals surface area contributed by atoms with Gasteiger partial charge in [-0.3, -0.25) is 0 Å². The Morgan fingerprint density at radius 2 is 2.00 bits per heavy atom. The van der Waals surface area contributed by atoms with Crippen molar-refractivity contribution < 1.29 is 0 Å². The summed E-state index contributed by atoms with van der Waals surface area (Å²) >= 11 is 16.7. The van der Waals surface area contributed by atoms with Gasteiger partial charge in [0.15, 0.2) is 0 Å². The summed E-state index contributed by atoms with van der Waals surface area (Å²) in [5.41, 5.74) is 0.543. The molecule has 47 valence electrons. The van der Waals surface area contributed by atoms with Crippen LogP contribution >= 0.6 is 34.8 Å². The Labute approximate surface area is 68.7 Å². The molecule has 0 rings (SSSR count). The molecule has 1 unspecified atom stereocenters. The lowest BCUT2D eigenvalue weighted by molar-refractivity contribution is 1.67. The highest BCUT2D eigenvalue weighted by Crippen LogP contribution is 2.15. The normalized spacial score (nSPS) is 18.8. The van der Waals surface area contributed by atoms with Crippen LogP contribution in [-0.4, -0.2) is 27.3 Å². The van der Waals surface area contributed by atoms with E-state index in [2.05, 4.69) is 9.76 Å². The summed E-state index contributed by atoms with van der Waals surface area (Å²) in [5.74, 6) is 0. The molecule has 0 N–H and O–H groups in total. The molecular formula is C3H6Cl3Si2. The first kappa shape index (κ1) is 9.30. The molecule has 0 saturated heterocycles. The Bertz CT molecular complexity index is 72.9. The Morgan fingerprint density at radius 3 is 2.00 bits per heavy atom. The van der Waals surface area contributed by atoms with Crippen LogP contribution in [0.4, 0.5) is 0 Å². The summed E-state index contributed by atoms with van der Waals surface area (Å²) in [5, 5.41) is 0. The number of alkyl halides is 3. The highest BCUT2D eigenvalue weighted by molar-refractivity contribution is 7.24. The first-order valence-electron chi connectivity index (χ1n) is 2.10. The number of halogens is 3. The molecule has 0 aliphatic heterocycles. The zero-order valence-corrected chi connectivity index (χ0v) is 8.69. The van der Waals surface area contributed by atoms with Gasteiger partial charge in [0.1, 0.15) is 0 Å². The van der Waals surface area contributed by atoms with Crippen molar-refractivity contribution in [3.63, 3.8) is 0 Å². The van der Waals surface area contributed by atoms with Gasteiger partial charge in [-0.25, -0.2) is 0 Å². The van der Waals surface area contributed by atoms with E-state index in [-0.39, 0.29) is 4.46 Å². The lowest BCUT2D eigenvalue weighted by Gasteiger charge is -2.18. The molecular weight excluding hydrogens is 199 g/mol. The van der Waals surface area contributed by atoms with Crippen molar-refractivity contribution in [2.24, 2.45) is 0 Å². The molecule has 0 aliphatic carbocycles. The van der Waals surface area contributed by atoms with Crippen LogP contribution in [0.1, 0.15) is 0 Å². The van der Waals surface area contributed by atoms with E-state index in [1.165, 1.54) is 0 Å². The summed E-state index contributed by atoms with van der Waals surface area (Å²) in [7, 11) is 1.78. The molecule has 5 heteroatoms. The highest BCUT2D eigenvalue weighted by atomic mass is 35.5. The lowest BCUT2D eigenvalue weighted by atomic mass is 11.8. The molecule has 0 spiro atoms. The van der Waals surface area contributed by atoms with Crippen molar-refractivity contribution in [2.75, 3.05) is 5.50 Å². The third kappa shape index (κ3) is 2.73. The molecule has 0 bridgehead atoms. The Balaban J connectivity index is 3.71. The van der Waals surface area contributed by atoms with E-state index in [0.717, 1.165) is 0 Å². The zero-order chi connectivity index (χ0) is 6.78. The van der Waals surface area contributed by atoms with Crippen molar-refractivity contribution in [3.8, 4) is 0 Å². The zero-order valence-electron chi connectivity index (χ0n) is 4.42. The second kappa shape index (κ2) is 3.47. The lowest BCUT2D eigenvalue weighted by Crippen LogP contribution is -2.42. The quantitative estimate of drug-likeness (QED) is 0.476. The molecule has 0 amide bonds. The Morgan fingerprint density at radius 1 is 1.62 bits per heavy atom. The third-order valence-corrected chi connectivity index (χ3v) is 10.00. The summed E-state index contributed by atoms with van der Waals surface area (Å²) in [6, 6.07) is 0. The molecule has 0 nitrogen and oxygen atoms in total. The predicted molar refractivity (Wildman–Crippen MR) is 43.6 cm³/mol. The first-order chi connectivity index (χ1) is 3.50. The minimum atomic E-state index is -1.65. The topological polar surface area (TPSA) is 0 Å². The van der Waals surface area contributed by atoms with E-state index in [4.69, 9.17) is 34.8 Å². The number of hydrogen-bond acceptors (Lipinski definition) is 0. The van der Waals surface area contributed by atoms with E-state index >= 15 is 0 Å². The largest absolute Gasteiger partial charge is 0.130 e. The van der Waals surface area contributed by atoms with Crippen LogP contribution in [0.25, 0.3) is 0 Å². The molecule has 0 heterocycles. The summed E-state index contributed by atoms with van der Waals surface area (Å²) in [6.45, 7) is 1.97. The van der Waals surface area contributed by atoms with E-state index in [1.54, 1.807) is 0 Å². The maximum absolute atomic E-state index is 5.56. The van der Waals surface area contributed by atoms with Crippen LogP contribution in [0.15, 0.2) is 0 Å². The van der Waals surface area contributed by atoms with Crippen molar-refractivity contribution in [3.05, 3.63) is 0 Å². The molecule has 8 heavy (non-hydrogen) atoms. The van der Waals surface area contributed by atoms with Gasteiger partial charge in [0.25, 0.3) is 0 Å². The van der Waals surface area contributed by atoms with Crippen LogP contribution in [0.5, 0.6) is 0 Å². The van der Waals surface area contributed by atoms with Crippen LogP contribution in [0, 0.1) is 0 Å². The Kier molecular flexibility index (Phi) is 4.03. The van der Waals surface area contributed by atoms with Crippen LogP contribution in [-0.2, 0) is 0 Å². The van der Waals surface area contributed by atoms with E-state index in [1.807, 2.05) is 6.55 Å². The third-order valence-electron chi connectivity index (χ3n) is 0.759. The summed E-state index contributed by atoms with van der Waals surface area (Å²) in [4.78, 5) is 0. The van der Waals surface area contributed by atoms with Crippen molar-refractivity contribution in [2.45, 2.75) is 11.0 Å². The van der Waals surface area contributed by atoms with Crippen LogP contribution < -0.4 is 0 Å². The van der Waals surface area contributed by atoms with Gasteiger partial charge in [0.2, 0.25) is 0 Å². The first-order valence-corrected chi connectivity index (χ1v) is 7.79. The van der Waals surface area contributed by atoms with Crippen LogP contribution in [0.2, 0.25) is 6.55 Å². The average molecular weight is 205 g/mol. The molecule has 0 fully saturated rings. The average Bonchev–Trinajstić information content (AvgIpc) is 1.67. The fourth-order valence-electron chi connectivity index (χ4n) is 0.0583. The molecule has 0 aliphatic rings. The summed E-state index contributed by atoms with van der Waals surface area (Å²) < 4.78 is -0.323. The molecule has 3 radical (unpaired) electrons. The fourth-order valence-corrected chi connectivity index (χ4v) is 1.57. The second-order valence-electron chi connectivity index (χ2n) is 1.85. The maximum Gasteiger partial charge on any atom is 0.0955 e. The van der Waals surface area contributed by atoms with Crippen LogP contribution in [0.3, 0.4) is 0 Å². The number of hydrogen-bond donors (Lipinski definition) is 0. The van der Waals surface area contributed by atoms with Gasteiger partial charge >= 0.3 is 0 Å².